The second-order valence-electron chi connectivity index (χ2n) is 7.51. The van der Waals surface area contributed by atoms with Crippen molar-refractivity contribution in [2.45, 2.75) is 51.0 Å². The van der Waals surface area contributed by atoms with Gasteiger partial charge in [-0.3, -0.25) is 4.79 Å². The van der Waals surface area contributed by atoms with Gasteiger partial charge in [-0.2, -0.15) is 0 Å². The van der Waals surface area contributed by atoms with Crippen LogP contribution in [-0.2, 0) is 19.4 Å². The largest absolute Gasteiger partial charge is 0.335 e. The van der Waals surface area contributed by atoms with Crippen molar-refractivity contribution >= 4 is 17.2 Å². The molecule has 1 aliphatic heterocycles. The van der Waals surface area contributed by atoms with Crippen LogP contribution in [0.2, 0.25) is 0 Å². The number of aromatic nitrogens is 1. The van der Waals surface area contributed by atoms with Crippen LogP contribution in [0.3, 0.4) is 0 Å². The van der Waals surface area contributed by atoms with Crippen LogP contribution < -0.4 is 5.32 Å². The Bertz CT molecular complexity index is 739. The summed E-state index contributed by atoms with van der Waals surface area (Å²) in [6.45, 7) is 2.77. The standard InChI is InChI=1S/C21H27N3OS/c1-24(14-20-23-18-6-2-3-7-19(18)26-20)21(25)16-10-8-15(9-11-16)17-5-4-12-22-13-17/h8-11,17,22H,2-7,12-14H2,1H3/t17-/m1/s1. The van der Waals surface area contributed by atoms with E-state index in [4.69, 9.17) is 4.98 Å². The van der Waals surface area contributed by atoms with Gasteiger partial charge in [-0.05, 0) is 68.7 Å². The summed E-state index contributed by atoms with van der Waals surface area (Å²) in [7, 11) is 1.88. The maximum atomic E-state index is 12.8. The Morgan fingerprint density at radius 1 is 1.23 bits per heavy atom. The zero-order chi connectivity index (χ0) is 17.9. The Morgan fingerprint density at radius 3 is 2.77 bits per heavy atom. The fourth-order valence-electron chi connectivity index (χ4n) is 4.00. The number of carbonyl (C=O) groups is 1. The van der Waals surface area contributed by atoms with Gasteiger partial charge >= 0.3 is 0 Å². The summed E-state index contributed by atoms with van der Waals surface area (Å²) in [5, 5.41) is 4.52. The zero-order valence-electron chi connectivity index (χ0n) is 15.5. The van der Waals surface area contributed by atoms with Crippen molar-refractivity contribution in [1.82, 2.24) is 15.2 Å². The Balaban J connectivity index is 1.40. The summed E-state index contributed by atoms with van der Waals surface area (Å²) in [6.07, 6.45) is 7.23. The number of nitrogens with one attached hydrogen (secondary N) is 1. The molecule has 1 amide bonds. The number of hydrogen-bond acceptors (Lipinski definition) is 4. The molecule has 0 bridgehead atoms. The molecule has 0 unspecified atom stereocenters. The summed E-state index contributed by atoms with van der Waals surface area (Å²) >= 11 is 1.79. The first-order valence-corrected chi connectivity index (χ1v) is 10.6. The molecule has 2 heterocycles. The summed E-state index contributed by atoms with van der Waals surface area (Å²) in [6, 6.07) is 8.22. The Hall–Kier alpha value is -1.72. The van der Waals surface area contributed by atoms with Crippen LogP contribution in [0, 0.1) is 0 Å². The predicted octanol–water partition coefficient (Wildman–Crippen LogP) is 3.76. The second-order valence-corrected chi connectivity index (χ2v) is 8.68. The highest BCUT2D eigenvalue weighted by atomic mass is 32.1. The van der Waals surface area contributed by atoms with Crippen molar-refractivity contribution < 1.29 is 4.79 Å². The highest BCUT2D eigenvalue weighted by molar-refractivity contribution is 7.11. The Morgan fingerprint density at radius 2 is 2.04 bits per heavy atom. The fraction of sp³-hybridized carbons (Fsp3) is 0.524. The predicted molar refractivity (Wildman–Crippen MR) is 106 cm³/mol. The third-order valence-corrected chi connectivity index (χ3v) is 6.68. The van der Waals surface area contributed by atoms with Gasteiger partial charge < -0.3 is 10.2 Å². The lowest BCUT2D eigenvalue weighted by Crippen LogP contribution is -2.28. The smallest absolute Gasteiger partial charge is 0.253 e. The number of carbonyl (C=O) groups excluding carboxylic acids is 1. The number of thiazole rings is 1. The number of nitrogens with zero attached hydrogens (tertiary/aromatic N) is 2. The van der Waals surface area contributed by atoms with Gasteiger partial charge in [0.15, 0.2) is 0 Å². The summed E-state index contributed by atoms with van der Waals surface area (Å²) in [5.74, 6) is 0.652. The third kappa shape index (κ3) is 3.84. The highest BCUT2D eigenvalue weighted by Gasteiger charge is 2.19. The normalized spacial score (nSPS) is 19.8. The van der Waals surface area contributed by atoms with Gasteiger partial charge in [0.25, 0.3) is 5.91 Å². The van der Waals surface area contributed by atoms with Crippen LogP contribution in [0.4, 0.5) is 0 Å². The highest BCUT2D eigenvalue weighted by Crippen LogP contribution is 2.28. The van der Waals surface area contributed by atoms with Gasteiger partial charge in [0, 0.05) is 24.0 Å². The fourth-order valence-corrected chi connectivity index (χ4v) is 5.21. The SMILES string of the molecule is CN(Cc1nc2c(s1)CCCC2)C(=O)c1ccc([C@@H]2CCCNC2)cc1. The topological polar surface area (TPSA) is 45.2 Å². The molecule has 1 atom stereocenters. The van der Waals surface area contributed by atoms with Crippen molar-refractivity contribution in [3.8, 4) is 0 Å². The van der Waals surface area contributed by atoms with Gasteiger partial charge in [-0.25, -0.2) is 4.98 Å². The molecule has 26 heavy (non-hydrogen) atoms. The van der Waals surface area contributed by atoms with E-state index < -0.39 is 0 Å². The average molecular weight is 370 g/mol. The summed E-state index contributed by atoms with van der Waals surface area (Å²) in [5.41, 5.74) is 3.37. The van der Waals surface area contributed by atoms with Crippen LogP contribution in [0.1, 0.15) is 63.1 Å². The van der Waals surface area contributed by atoms with Crippen LogP contribution in [-0.4, -0.2) is 35.9 Å². The molecule has 1 saturated heterocycles. The minimum Gasteiger partial charge on any atom is -0.335 e. The molecule has 4 rings (SSSR count). The van der Waals surface area contributed by atoms with E-state index in [1.807, 2.05) is 19.2 Å². The van der Waals surface area contributed by atoms with Crippen molar-refractivity contribution in [3.05, 3.63) is 51.0 Å². The molecule has 2 aromatic rings. The van der Waals surface area contributed by atoms with Gasteiger partial charge in [0.05, 0.1) is 12.2 Å². The molecule has 0 spiro atoms. The third-order valence-electron chi connectivity index (χ3n) is 5.54. The maximum absolute atomic E-state index is 12.8. The number of benzene rings is 1. The number of aryl methyl sites for hydroxylation is 2. The average Bonchev–Trinajstić information content (AvgIpc) is 3.10. The number of rotatable bonds is 4. The molecular formula is C21H27N3OS. The lowest BCUT2D eigenvalue weighted by Gasteiger charge is -2.23. The van der Waals surface area contributed by atoms with Gasteiger partial charge in [0.1, 0.15) is 5.01 Å². The number of amides is 1. The van der Waals surface area contributed by atoms with Crippen LogP contribution >= 0.6 is 11.3 Å². The molecule has 138 valence electrons. The van der Waals surface area contributed by atoms with E-state index in [0.717, 1.165) is 36.5 Å². The monoisotopic (exact) mass is 369 g/mol. The Kier molecular flexibility index (Phi) is 5.36. The summed E-state index contributed by atoms with van der Waals surface area (Å²) < 4.78 is 0. The van der Waals surface area contributed by atoms with E-state index >= 15 is 0 Å². The van der Waals surface area contributed by atoms with E-state index in [1.165, 1.54) is 41.8 Å². The summed E-state index contributed by atoms with van der Waals surface area (Å²) in [4.78, 5) is 20.8. The van der Waals surface area contributed by atoms with E-state index in [2.05, 4.69) is 17.4 Å². The molecule has 5 heteroatoms. The van der Waals surface area contributed by atoms with Crippen molar-refractivity contribution in [2.24, 2.45) is 0 Å². The van der Waals surface area contributed by atoms with Gasteiger partial charge in [-0.15, -0.1) is 11.3 Å². The lowest BCUT2D eigenvalue weighted by atomic mass is 9.91. The van der Waals surface area contributed by atoms with E-state index in [9.17, 15) is 4.79 Å². The van der Waals surface area contributed by atoms with E-state index in [-0.39, 0.29) is 5.91 Å². The van der Waals surface area contributed by atoms with E-state index in [0.29, 0.717) is 12.5 Å². The molecule has 0 radical (unpaired) electrons. The number of fused-ring (bicyclic) bond motifs is 1. The molecule has 1 fully saturated rings. The first-order valence-electron chi connectivity index (χ1n) is 9.74. The molecule has 1 aromatic carbocycles. The molecule has 2 aliphatic rings. The van der Waals surface area contributed by atoms with Crippen LogP contribution in [0.25, 0.3) is 0 Å². The number of hydrogen-bond donors (Lipinski definition) is 1. The molecule has 1 aliphatic carbocycles. The maximum Gasteiger partial charge on any atom is 0.253 e. The molecule has 0 saturated carbocycles. The van der Waals surface area contributed by atoms with Gasteiger partial charge in [0.2, 0.25) is 0 Å². The molecule has 1 N–H and O–H groups in total. The van der Waals surface area contributed by atoms with Crippen LogP contribution in [0.5, 0.6) is 0 Å². The second kappa shape index (κ2) is 7.89. The molecule has 4 nitrogen and oxygen atoms in total. The number of piperidine rings is 1. The first-order chi connectivity index (χ1) is 12.7. The molecule has 1 aromatic heterocycles. The van der Waals surface area contributed by atoms with Crippen molar-refractivity contribution in [2.75, 3.05) is 20.1 Å². The first kappa shape index (κ1) is 17.7. The molecular weight excluding hydrogens is 342 g/mol. The van der Waals surface area contributed by atoms with Crippen LogP contribution in [0.15, 0.2) is 24.3 Å². The Labute approximate surface area is 159 Å². The van der Waals surface area contributed by atoms with Crippen molar-refractivity contribution in [1.29, 1.82) is 0 Å². The zero-order valence-corrected chi connectivity index (χ0v) is 16.3. The lowest BCUT2D eigenvalue weighted by molar-refractivity contribution is 0.0785. The van der Waals surface area contributed by atoms with Gasteiger partial charge in [-0.1, -0.05) is 12.1 Å². The quantitative estimate of drug-likeness (QED) is 0.892. The minimum atomic E-state index is 0.0755. The van der Waals surface area contributed by atoms with E-state index in [1.54, 1.807) is 16.2 Å². The minimum absolute atomic E-state index is 0.0755. The van der Waals surface area contributed by atoms with Crippen molar-refractivity contribution in [3.63, 3.8) is 0 Å².